The molecule has 17 heavy (non-hydrogen) atoms. The third kappa shape index (κ3) is 1.78. The fourth-order valence-electron chi connectivity index (χ4n) is 1.73. The van der Waals surface area contributed by atoms with E-state index in [0.717, 1.165) is 0 Å². The molecule has 2 rings (SSSR count). The average Bonchev–Trinajstić information content (AvgIpc) is 2.27. The normalized spacial score (nSPS) is 17.0. The molecule has 1 saturated heterocycles. The van der Waals surface area contributed by atoms with Crippen molar-refractivity contribution >= 4 is 17.6 Å². The number of anilines is 1. The van der Waals surface area contributed by atoms with E-state index in [0.29, 0.717) is 5.69 Å². The second-order valence-corrected chi connectivity index (χ2v) is 4.08. The van der Waals surface area contributed by atoms with Crippen LogP contribution in [0.5, 0.6) is 0 Å². The lowest BCUT2D eigenvalue weighted by Crippen LogP contribution is -2.59. The van der Waals surface area contributed by atoms with Gasteiger partial charge in [0.2, 0.25) is 5.91 Å². The van der Waals surface area contributed by atoms with Crippen molar-refractivity contribution in [1.29, 1.82) is 0 Å². The fourth-order valence-corrected chi connectivity index (χ4v) is 1.73. The second-order valence-electron chi connectivity index (χ2n) is 4.08. The van der Waals surface area contributed by atoms with Crippen molar-refractivity contribution in [2.45, 2.75) is 0 Å². The Morgan fingerprint density at radius 2 is 1.88 bits per heavy atom. The SMILES string of the molecule is CN(C(=O)C1(C(=O)O)COC1)c1ccccc1. The van der Waals surface area contributed by atoms with E-state index in [4.69, 9.17) is 9.84 Å². The molecule has 0 bridgehead atoms. The summed E-state index contributed by atoms with van der Waals surface area (Å²) in [6.45, 7) is -0.114. The van der Waals surface area contributed by atoms with E-state index in [1.807, 2.05) is 6.07 Å². The third-order valence-electron chi connectivity index (χ3n) is 2.96. The molecule has 0 spiro atoms. The summed E-state index contributed by atoms with van der Waals surface area (Å²) in [7, 11) is 1.57. The first-order valence-corrected chi connectivity index (χ1v) is 5.22. The first kappa shape index (κ1) is 11.6. The maximum atomic E-state index is 12.2. The third-order valence-corrected chi connectivity index (χ3v) is 2.96. The van der Waals surface area contributed by atoms with E-state index >= 15 is 0 Å². The Labute approximate surface area is 98.6 Å². The van der Waals surface area contributed by atoms with Gasteiger partial charge < -0.3 is 14.7 Å². The number of ether oxygens (including phenoxy) is 1. The molecule has 90 valence electrons. The van der Waals surface area contributed by atoms with Crippen LogP contribution in [0.25, 0.3) is 0 Å². The highest BCUT2D eigenvalue weighted by molar-refractivity contribution is 6.10. The fraction of sp³-hybridized carbons (Fsp3) is 0.333. The minimum Gasteiger partial charge on any atom is -0.480 e. The van der Waals surface area contributed by atoms with Crippen LogP contribution in [0, 0.1) is 5.41 Å². The van der Waals surface area contributed by atoms with E-state index in [2.05, 4.69) is 0 Å². The number of hydrogen-bond donors (Lipinski definition) is 1. The number of nitrogens with zero attached hydrogens (tertiary/aromatic N) is 1. The molecule has 5 heteroatoms. The Bertz CT molecular complexity index is 439. The Morgan fingerprint density at radius 1 is 1.29 bits per heavy atom. The highest BCUT2D eigenvalue weighted by atomic mass is 16.5. The molecule has 0 aliphatic carbocycles. The lowest BCUT2D eigenvalue weighted by molar-refractivity contribution is -0.183. The molecule has 0 radical (unpaired) electrons. The van der Waals surface area contributed by atoms with Gasteiger partial charge in [-0.1, -0.05) is 18.2 Å². The van der Waals surface area contributed by atoms with Gasteiger partial charge in [0, 0.05) is 12.7 Å². The van der Waals surface area contributed by atoms with E-state index in [9.17, 15) is 9.59 Å². The molecule has 1 fully saturated rings. The van der Waals surface area contributed by atoms with Gasteiger partial charge in [0.25, 0.3) is 0 Å². The number of amides is 1. The number of carboxylic acid groups (broad SMARTS) is 1. The van der Waals surface area contributed by atoms with Gasteiger partial charge in [-0.25, -0.2) is 0 Å². The Kier molecular flexibility index (Phi) is 2.85. The molecule has 0 aromatic heterocycles. The largest absolute Gasteiger partial charge is 0.480 e. The van der Waals surface area contributed by atoms with Crippen molar-refractivity contribution in [1.82, 2.24) is 0 Å². The van der Waals surface area contributed by atoms with Gasteiger partial charge in [-0.05, 0) is 12.1 Å². The molecule has 1 aliphatic heterocycles. The molecule has 1 amide bonds. The van der Waals surface area contributed by atoms with Gasteiger partial charge in [0.05, 0.1) is 13.2 Å². The molecular weight excluding hydrogens is 222 g/mol. The molecule has 5 nitrogen and oxygen atoms in total. The van der Waals surface area contributed by atoms with Crippen LogP contribution in [0.1, 0.15) is 0 Å². The number of carbonyl (C=O) groups is 2. The topological polar surface area (TPSA) is 66.8 Å². The number of rotatable bonds is 3. The number of hydrogen-bond acceptors (Lipinski definition) is 3. The van der Waals surface area contributed by atoms with Gasteiger partial charge in [0.15, 0.2) is 5.41 Å². The number of aliphatic carboxylic acids is 1. The van der Waals surface area contributed by atoms with Gasteiger partial charge in [0.1, 0.15) is 0 Å². The second kappa shape index (κ2) is 4.18. The lowest BCUT2D eigenvalue weighted by atomic mass is 9.84. The smallest absolute Gasteiger partial charge is 0.324 e. The zero-order valence-electron chi connectivity index (χ0n) is 9.42. The zero-order chi connectivity index (χ0) is 12.5. The molecule has 0 saturated carbocycles. The number of benzene rings is 1. The van der Waals surface area contributed by atoms with Gasteiger partial charge in [-0.15, -0.1) is 0 Å². The minimum atomic E-state index is -1.41. The van der Waals surface area contributed by atoms with Crippen LogP contribution >= 0.6 is 0 Å². The molecule has 1 aromatic carbocycles. The quantitative estimate of drug-likeness (QED) is 0.785. The Hall–Kier alpha value is -1.88. The Morgan fingerprint density at radius 3 is 2.29 bits per heavy atom. The first-order chi connectivity index (χ1) is 8.08. The molecule has 1 aliphatic rings. The molecule has 1 N–H and O–H groups in total. The van der Waals surface area contributed by atoms with E-state index < -0.39 is 17.3 Å². The molecule has 1 aromatic rings. The molecule has 0 unspecified atom stereocenters. The van der Waals surface area contributed by atoms with Crippen LogP contribution in [0.4, 0.5) is 5.69 Å². The summed E-state index contributed by atoms with van der Waals surface area (Å²) < 4.78 is 4.88. The minimum absolute atomic E-state index is 0.0572. The van der Waals surface area contributed by atoms with Crippen LogP contribution in [-0.2, 0) is 14.3 Å². The van der Waals surface area contributed by atoms with Crippen LogP contribution in [0.15, 0.2) is 30.3 Å². The first-order valence-electron chi connectivity index (χ1n) is 5.22. The molecule has 1 heterocycles. The maximum Gasteiger partial charge on any atom is 0.324 e. The Balaban J connectivity index is 2.23. The number of carboxylic acids is 1. The summed E-state index contributed by atoms with van der Waals surface area (Å²) in [6, 6.07) is 8.94. The highest BCUT2D eigenvalue weighted by Gasteiger charge is 2.54. The lowest BCUT2D eigenvalue weighted by Gasteiger charge is -2.38. The highest BCUT2D eigenvalue weighted by Crippen LogP contribution is 2.31. The van der Waals surface area contributed by atoms with E-state index in [1.165, 1.54) is 4.90 Å². The summed E-state index contributed by atoms with van der Waals surface area (Å²) in [5, 5.41) is 9.12. The van der Waals surface area contributed by atoms with Gasteiger partial charge in [-0.3, -0.25) is 9.59 Å². The average molecular weight is 235 g/mol. The van der Waals surface area contributed by atoms with Crippen molar-refractivity contribution in [3.8, 4) is 0 Å². The molecule has 0 atom stereocenters. The van der Waals surface area contributed by atoms with E-state index in [-0.39, 0.29) is 13.2 Å². The summed E-state index contributed by atoms with van der Waals surface area (Å²) >= 11 is 0. The van der Waals surface area contributed by atoms with Crippen LogP contribution in [0.3, 0.4) is 0 Å². The number of carbonyl (C=O) groups excluding carboxylic acids is 1. The van der Waals surface area contributed by atoms with Gasteiger partial charge >= 0.3 is 5.97 Å². The summed E-state index contributed by atoms with van der Waals surface area (Å²) in [6.07, 6.45) is 0. The zero-order valence-corrected chi connectivity index (χ0v) is 9.42. The van der Waals surface area contributed by atoms with Crippen molar-refractivity contribution in [2.24, 2.45) is 5.41 Å². The monoisotopic (exact) mass is 235 g/mol. The van der Waals surface area contributed by atoms with Crippen molar-refractivity contribution < 1.29 is 19.4 Å². The standard InChI is InChI=1S/C12H13NO4/c1-13(9-5-3-2-4-6-9)10(14)12(11(15)16)7-17-8-12/h2-6H,7-8H2,1H3,(H,15,16). The van der Waals surface area contributed by atoms with Crippen LogP contribution < -0.4 is 4.90 Å². The van der Waals surface area contributed by atoms with Crippen LogP contribution in [0.2, 0.25) is 0 Å². The maximum absolute atomic E-state index is 12.2. The predicted octanol–water partition coefficient (Wildman–Crippen LogP) is 0.751. The van der Waals surface area contributed by atoms with Crippen LogP contribution in [-0.4, -0.2) is 37.2 Å². The summed E-state index contributed by atoms with van der Waals surface area (Å²) in [5.41, 5.74) is -0.741. The van der Waals surface area contributed by atoms with Crippen molar-refractivity contribution in [2.75, 3.05) is 25.2 Å². The summed E-state index contributed by atoms with van der Waals surface area (Å²) in [4.78, 5) is 24.7. The summed E-state index contributed by atoms with van der Waals surface area (Å²) in [5.74, 6) is -1.57. The van der Waals surface area contributed by atoms with Crippen molar-refractivity contribution in [3.63, 3.8) is 0 Å². The van der Waals surface area contributed by atoms with E-state index in [1.54, 1.807) is 31.3 Å². The van der Waals surface area contributed by atoms with Crippen molar-refractivity contribution in [3.05, 3.63) is 30.3 Å². The predicted molar refractivity (Wildman–Crippen MR) is 60.7 cm³/mol. The van der Waals surface area contributed by atoms with Gasteiger partial charge in [-0.2, -0.15) is 0 Å². The molecular formula is C12H13NO4. The number of para-hydroxylation sites is 1.